The first-order valence-electron chi connectivity index (χ1n) is 6.66. The molecule has 0 aliphatic rings. The second kappa shape index (κ2) is 5.49. The van der Waals surface area contributed by atoms with Crippen LogP contribution in [0.3, 0.4) is 0 Å². The first kappa shape index (κ1) is 14.6. The topological polar surface area (TPSA) is 97.0 Å². The van der Waals surface area contributed by atoms with Crippen molar-refractivity contribution in [2.45, 2.75) is 0 Å². The average Bonchev–Trinajstić information content (AvgIpc) is 2.55. The van der Waals surface area contributed by atoms with Gasteiger partial charge < -0.3 is 19.4 Å². The van der Waals surface area contributed by atoms with Gasteiger partial charge in [-0.05, 0) is 17.7 Å². The SMILES string of the molecule is COc1cc(O)c2c(=O)c(-c3ccc(O)c(C=O)c3)coc2c1. The number of benzene rings is 2. The summed E-state index contributed by atoms with van der Waals surface area (Å²) in [4.78, 5) is 23.5. The molecular weight excluding hydrogens is 300 g/mol. The van der Waals surface area contributed by atoms with Gasteiger partial charge in [-0.3, -0.25) is 9.59 Å². The van der Waals surface area contributed by atoms with Crippen LogP contribution >= 0.6 is 0 Å². The summed E-state index contributed by atoms with van der Waals surface area (Å²) in [5.74, 6) is -0.0791. The highest BCUT2D eigenvalue weighted by Crippen LogP contribution is 2.31. The molecule has 0 spiro atoms. The van der Waals surface area contributed by atoms with E-state index in [2.05, 4.69) is 0 Å². The minimum absolute atomic E-state index is 0.0176. The molecule has 6 heteroatoms. The smallest absolute Gasteiger partial charge is 0.204 e. The molecule has 0 unspecified atom stereocenters. The molecule has 3 aromatic rings. The Morgan fingerprint density at radius 1 is 1.13 bits per heavy atom. The van der Waals surface area contributed by atoms with Gasteiger partial charge in [-0.15, -0.1) is 0 Å². The lowest BCUT2D eigenvalue weighted by Gasteiger charge is -2.07. The monoisotopic (exact) mass is 312 g/mol. The van der Waals surface area contributed by atoms with Gasteiger partial charge in [-0.2, -0.15) is 0 Å². The molecule has 2 aromatic carbocycles. The van der Waals surface area contributed by atoms with Gasteiger partial charge in [0, 0.05) is 12.1 Å². The minimum Gasteiger partial charge on any atom is -0.507 e. The maximum Gasteiger partial charge on any atom is 0.204 e. The second-order valence-corrected chi connectivity index (χ2v) is 4.89. The van der Waals surface area contributed by atoms with E-state index in [1.165, 1.54) is 43.7 Å². The Morgan fingerprint density at radius 2 is 1.91 bits per heavy atom. The number of ether oxygens (including phenoxy) is 1. The number of rotatable bonds is 3. The van der Waals surface area contributed by atoms with Gasteiger partial charge in [0.05, 0.1) is 18.2 Å². The van der Waals surface area contributed by atoms with Crippen LogP contribution in [-0.4, -0.2) is 23.6 Å². The van der Waals surface area contributed by atoms with Crippen LogP contribution in [0.2, 0.25) is 0 Å². The van der Waals surface area contributed by atoms with Crippen molar-refractivity contribution in [2.24, 2.45) is 0 Å². The molecule has 1 aromatic heterocycles. The Balaban J connectivity index is 2.28. The number of aldehydes is 1. The van der Waals surface area contributed by atoms with Crippen molar-refractivity contribution >= 4 is 17.3 Å². The maximum absolute atomic E-state index is 12.6. The largest absolute Gasteiger partial charge is 0.507 e. The van der Waals surface area contributed by atoms with Crippen LogP contribution in [0.25, 0.3) is 22.1 Å². The number of hydrogen-bond acceptors (Lipinski definition) is 6. The molecule has 0 amide bonds. The predicted molar refractivity (Wildman–Crippen MR) is 83.2 cm³/mol. The fraction of sp³-hybridized carbons (Fsp3) is 0.0588. The lowest BCUT2D eigenvalue weighted by atomic mass is 10.0. The number of carbonyl (C=O) groups is 1. The molecule has 0 aliphatic heterocycles. The fourth-order valence-corrected chi connectivity index (χ4v) is 2.34. The van der Waals surface area contributed by atoms with Crippen LogP contribution in [0.5, 0.6) is 17.2 Å². The molecule has 23 heavy (non-hydrogen) atoms. The Morgan fingerprint density at radius 3 is 2.61 bits per heavy atom. The highest BCUT2D eigenvalue weighted by Gasteiger charge is 2.15. The molecule has 1 heterocycles. The van der Waals surface area contributed by atoms with Crippen molar-refractivity contribution in [1.29, 1.82) is 0 Å². The summed E-state index contributed by atoms with van der Waals surface area (Å²) in [5.41, 5.74) is 0.358. The molecule has 0 fully saturated rings. The van der Waals surface area contributed by atoms with Crippen molar-refractivity contribution < 1.29 is 24.2 Å². The predicted octanol–water partition coefficient (Wildman–Crippen LogP) is 2.69. The van der Waals surface area contributed by atoms with E-state index in [1.54, 1.807) is 0 Å². The fourth-order valence-electron chi connectivity index (χ4n) is 2.34. The summed E-state index contributed by atoms with van der Waals surface area (Å²) in [6, 6.07) is 6.99. The summed E-state index contributed by atoms with van der Waals surface area (Å²) >= 11 is 0. The van der Waals surface area contributed by atoms with Gasteiger partial charge >= 0.3 is 0 Å². The van der Waals surface area contributed by atoms with E-state index in [9.17, 15) is 19.8 Å². The zero-order valence-corrected chi connectivity index (χ0v) is 12.1. The normalized spacial score (nSPS) is 10.7. The van der Waals surface area contributed by atoms with E-state index < -0.39 is 5.43 Å². The number of fused-ring (bicyclic) bond motifs is 1. The highest BCUT2D eigenvalue weighted by atomic mass is 16.5. The molecule has 0 saturated carbocycles. The number of carbonyl (C=O) groups excluding carboxylic acids is 1. The van der Waals surface area contributed by atoms with Crippen molar-refractivity contribution in [2.75, 3.05) is 7.11 Å². The number of phenols is 2. The van der Waals surface area contributed by atoms with Crippen LogP contribution in [0.15, 0.2) is 45.8 Å². The Kier molecular flexibility index (Phi) is 3.50. The summed E-state index contributed by atoms with van der Waals surface area (Å²) < 4.78 is 10.4. The second-order valence-electron chi connectivity index (χ2n) is 4.89. The molecule has 6 nitrogen and oxygen atoms in total. The van der Waals surface area contributed by atoms with Crippen molar-refractivity contribution in [3.63, 3.8) is 0 Å². The zero-order chi connectivity index (χ0) is 16.6. The van der Waals surface area contributed by atoms with Crippen molar-refractivity contribution in [3.05, 3.63) is 52.4 Å². The van der Waals surface area contributed by atoms with E-state index in [4.69, 9.17) is 9.15 Å². The Bertz CT molecular complexity index is 971. The van der Waals surface area contributed by atoms with E-state index in [0.29, 0.717) is 17.6 Å². The van der Waals surface area contributed by atoms with E-state index >= 15 is 0 Å². The third-order valence-electron chi connectivity index (χ3n) is 3.53. The van der Waals surface area contributed by atoms with Gasteiger partial charge in [0.2, 0.25) is 5.43 Å². The van der Waals surface area contributed by atoms with Gasteiger partial charge in [0.25, 0.3) is 0 Å². The van der Waals surface area contributed by atoms with Crippen LogP contribution in [-0.2, 0) is 0 Å². The summed E-state index contributed by atoms with van der Waals surface area (Å²) in [5, 5.41) is 19.6. The zero-order valence-electron chi connectivity index (χ0n) is 12.1. The quantitative estimate of drug-likeness (QED) is 0.722. The molecule has 3 rings (SSSR count). The molecular formula is C17H12O6. The van der Waals surface area contributed by atoms with Gasteiger partial charge in [-0.25, -0.2) is 0 Å². The van der Waals surface area contributed by atoms with E-state index in [-0.39, 0.29) is 33.6 Å². The molecule has 116 valence electrons. The van der Waals surface area contributed by atoms with E-state index in [0.717, 1.165) is 0 Å². The lowest BCUT2D eigenvalue weighted by Crippen LogP contribution is -2.05. The number of methoxy groups -OCH3 is 1. The molecule has 2 N–H and O–H groups in total. The van der Waals surface area contributed by atoms with E-state index in [1.807, 2.05) is 0 Å². The van der Waals surface area contributed by atoms with Crippen LogP contribution in [0.4, 0.5) is 0 Å². The number of phenolic OH excluding ortho intramolecular Hbond substituents is 2. The standard InChI is InChI=1S/C17H12O6/c1-22-11-5-14(20)16-15(6-11)23-8-12(17(16)21)9-2-3-13(19)10(4-9)7-18/h2-8,19-20H,1H3. The van der Waals surface area contributed by atoms with Gasteiger partial charge in [0.15, 0.2) is 6.29 Å². The minimum atomic E-state index is -0.450. The maximum atomic E-state index is 12.6. The first-order valence-corrected chi connectivity index (χ1v) is 6.66. The molecule has 0 saturated heterocycles. The number of aromatic hydroxyl groups is 2. The Labute approximate surface area is 130 Å². The summed E-state index contributed by atoms with van der Waals surface area (Å²) in [6.45, 7) is 0. The average molecular weight is 312 g/mol. The first-order chi connectivity index (χ1) is 11.0. The summed E-state index contributed by atoms with van der Waals surface area (Å²) in [7, 11) is 1.44. The summed E-state index contributed by atoms with van der Waals surface area (Å²) in [6.07, 6.45) is 1.73. The van der Waals surface area contributed by atoms with Crippen molar-refractivity contribution in [3.8, 4) is 28.4 Å². The van der Waals surface area contributed by atoms with Crippen LogP contribution in [0.1, 0.15) is 10.4 Å². The third kappa shape index (κ3) is 2.40. The molecule has 0 aliphatic carbocycles. The van der Waals surface area contributed by atoms with Crippen LogP contribution < -0.4 is 10.2 Å². The Hall–Kier alpha value is -3.28. The third-order valence-corrected chi connectivity index (χ3v) is 3.53. The highest BCUT2D eigenvalue weighted by molar-refractivity contribution is 5.89. The van der Waals surface area contributed by atoms with Crippen molar-refractivity contribution in [1.82, 2.24) is 0 Å². The van der Waals surface area contributed by atoms with Crippen LogP contribution in [0, 0.1) is 0 Å². The molecule has 0 bridgehead atoms. The molecule has 0 radical (unpaired) electrons. The van der Waals surface area contributed by atoms with Gasteiger partial charge in [0.1, 0.15) is 34.5 Å². The van der Waals surface area contributed by atoms with Gasteiger partial charge in [-0.1, -0.05) is 6.07 Å². The molecule has 0 atom stereocenters. The number of hydrogen-bond donors (Lipinski definition) is 2. The lowest BCUT2D eigenvalue weighted by molar-refractivity contribution is 0.112.